The Labute approximate surface area is 163 Å². The monoisotopic (exact) mass is 374 g/mol. The fourth-order valence-corrected chi connectivity index (χ4v) is 4.22. The lowest BCUT2D eigenvalue weighted by Gasteiger charge is -2.42. The molecule has 1 atom stereocenters. The molecule has 1 aromatic rings. The number of amides is 1. The van der Waals surface area contributed by atoms with E-state index in [1.165, 1.54) is 12.8 Å². The average Bonchev–Trinajstić information content (AvgIpc) is 2.73. The molecule has 0 radical (unpaired) electrons. The lowest BCUT2D eigenvalue weighted by Crippen LogP contribution is -2.51. The van der Waals surface area contributed by atoms with Gasteiger partial charge in [0, 0.05) is 31.9 Å². The topological polar surface area (TPSA) is 57.7 Å². The third kappa shape index (κ3) is 6.26. The van der Waals surface area contributed by atoms with Gasteiger partial charge in [0.25, 0.3) is 0 Å². The number of carbonyl (C=O) groups excluding carboxylic acids is 1. The molecule has 0 aliphatic carbocycles. The van der Waals surface area contributed by atoms with Crippen molar-refractivity contribution in [1.29, 1.82) is 0 Å². The normalized spacial score (nSPS) is 22.6. The molecule has 1 aromatic heterocycles. The molecule has 1 amide bonds. The van der Waals surface area contributed by atoms with Gasteiger partial charge in [-0.2, -0.15) is 0 Å². The number of piperidine rings is 2. The molecule has 150 valence electrons. The minimum Gasteiger partial charge on any atom is -0.380 e. The summed E-state index contributed by atoms with van der Waals surface area (Å²) in [6.45, 7) is 9.57. The van der Waals surface area contributed by atoms with Crippen molar-refractivity contribution in [2.75, 3.05) is 45.9 Å². The van der Waals surface area contributed by atoms with Gasteiger partial charge in [-0.1, -0.05) is 6.07 Å². The van der Waals surface area contributed by atoms with Crippen molar-refractivity contribution in [3.8, 4) is 0 Å². The smallest absolute Gasteiger partial charge is 0.224 e. The van der Waals surface area contributed by atoms with Crippen LogP contribution in [0.2, 0.25) is 0 Å². The van der Waals surface area contributed by atoms with Gasteiger partial charge in [-0.15, -0.1) is 0 Å². The molecule has 2 fully saturated rings. The summed E-state index contributed by atoms with van der Waals surface area (Å²) in [6.07, 6.45) is 6.29. The largest absolute Gasteiger partial charge is 0.380 e. The van der Waals surface area contributed by atoms with Gasteiger partial charge in [0.1, 0.15) is 0 Å². The molecule has 0 spiro atoms. The zero-order valence-corrected chi connectivity index (χ0v) is 16.6. The number of ether oxygens (including phenoxy) is 1. The number of likely N-dealkylation sites (tertiary alicyclic amines) is 2. The molecule has 0 aromatic carbocycles. The maximum Gasteiger partial charge on any atom is 0.224 e. The number of nitrogens with one attached hydrogen (secondary N) is 1. The van der Waals surface area contributed by atoms with Gasteiger partial charge in [-0.25, -0.2) is 0 Å². The first-order valence-corrected chi connectivity index (χ1v) is 10.5. The summed E-state index contributed by atoms with van der Waals surface area (Å²) in [4.78, 5) is 22.0. The van der Waals surface area contributed by atoms with Crippen molar-refractivity contribution in [3.63, 3.8) is 0 Å². The highest BCUT2D eigenvalue weighted by Crippen LogP contribution is 2.24. The maximum absolute atomic E-state index is 12.6. The Morgan fingerprint density at radius 1 is 1.26 bits per heavy atom. The van der Waals surface area contributed by atoms with Crippen LogP contribution < -0.4 is 5.32 Å². The molecule has 2 aliphatic rings. The minimum absolute atomic E-state index is 0.110. The van der Waals surface area contributed by atoms with Gasteiger partial charge in [0.05, 0.1) is 24.8 Å². The molecular weight excluding hydrogens is 340 g/mol. The highest BCUT2D eigenvalue weighted by atomic mass is 16.5. The number of rotatable bonds is 8. The van der Waals surface area contributed by atoms with Crippen LogP contribution >= 0.6 is 0 Å². The van der Waals surface area contributed by atoms with Crippen LogP contribution in [0.25, 0.3) is 0 Å². The summed E-state index contributed by atoms with van der Waals surface area (Å²) in [5.41, 5.74) is 0.915. The Balaban J connectivity index is 1.40. The van der Waals surface area contributed by atoms with E-state index in [9.17, 15) is 4.79 Å². The van der Waals surface area contributed by atoms with Gasteiger partial charge in [0.15, 0.2) is 0 Å². The number of aromatic nitrogens is 1. The molecule has 3 heterocycles. The summed E-state index contributed by atoms with van der Waals surface area (Å²) in [5, 5.41) is 3.08. The lowest BCUT2D eigenvalue weighted by atomic mass is 9.93. The van der Waals surface area contributed by atoms with Gasteiger partial charge in [0.2, 0.25) is 5.91 Å². The first-order chi connectivity index (χ1) is 13.3. The van der Waals surface area contributed by atoms with Crippen molar-refractivity contribution < 1.29 is 9.53 Å². The van der Waals surface area contributed by atoms with Gasteiger partial charge in [-0.05, 0) is 64.4 Å². The number of hydrogen-bond donors (Lipinski definition) is 1. The Bertz CT molecular complexity index is 561. The van der Waals surface area contributed by atoms with Crippen LogP contribution in [-0.4, -0.2) is 72.7 Å². The Kier molecular flexibility index (Phi) is 8.05. The van der Waals surface area contributed by atoms with Crippen LogP contribution in [-0.2, 0) is 16.1 Å². The molecular formula is C21H34N4O2. The Morgan fingerprint density at radius 3 is 2.85 bits per heavy atom. The molecule has 2 aliphatic heterocycles. The van der Waals surface area contributed by atoms with Gasteiger partial charge < -0.3 is 15.0 Å². The van der Waals surface area contributed by atoms with E-state index in [0.717, 1.165) is 64.5 Å². The molecule has 1 N–H and O–H groups in total. The zero-order valence-electron chi connectivity index (χ0n) is 16.6. The second-order valence-corrected chi connectivity index (χ2v) is 7.64. The zero-order chi connectivity index (χ0) is 18.9. The van der Waals surface area contributed by atoms with E-state index in [0.29, 0.717) is 12.6 Å². The number of pyridine rings is 1. The highest BCUT2D eigenvalue weighted by Gasteiger charge is 2.31. The van der Waals surface area contributed by atoms with Crippen LogP contribution in [0.4, 0.5) is 0 Å². The molecule has 3 rings (SSSR count). The highest BCUT2D eigenvalue weighted by molar-refractivity contribution is 5.78. The van der Waals surface area contributed by atoms with Crippen LogP contribution in [0, 0.1) is 5.92 Å². The minimum atomic E-state index is 0.110. The van der Waals surface area contributed by atoms with E-state index in [4.69, 9.17) is 4.74 Å². The molecule has 0 saturated carbocycles. The third-order valence-electron chi connectivity index (χ3n) is 5.82. The quantitative estimate of drug-likeness (QED) is 0.705. The standard InChI is InChI=1S/C21H34N4O2/c1-2-27-15-14-24-12-8-20(9-13-24)25-11-5-6-18(17-25)21(26)23-16-19-7-3-4-10-22-19/h3-4,7,10,18,20H,2,5-6,8-9,11-17H2,1H3,(H,23,26)/t18-/m1/s1. The molecule has 0 unspecified atom stereocenters. The summed E-state index contributed by atoms with van der Waals surface area (Å²) in [6, 6.07) is 6.43. The van der Waals surface area contributed by atoms with E-state index in [1.54, 1.807) is 6.20 Å². The number of carbonyl (C=O) groups is 1. The molecule has 6 nitrogen and oxygen atoms in total. The molecule has 6 heteroatoms. The maximum atomic E-state index is 12.6. The first-order valence-electron chi connectivity index (χ1n) is 10.5. The van der Waals surface area contributed by atoms with Gasteiger partial charge >= 0.3 is 0 Å². The van der Waals surface area contributed by atoms with Crippen LogP contribution in [0.3, 0.4) is 0 Å². The number of hydrogen-bond acceptors (Lipinski definition) is 5. The summed E-state index contributed by atoms with van der Waals surface area (Å²) in [5.74, 6) is 0.290. The lowest BCUT2D eigenvalue weighted by molar-refractivity contribution is -0.127. The summed E-state index contributed by atoms with van der Waals surface area (Å²) < 4.78 is 5.47. The van der Waals surface area contributed by atoms with Crippen LogP contribution in [0.5, 0.6) is 0 Å². The van der Waals surface area contributed by atoms with Crippen LogP contribution in [0.1, 0.15) is 38.3 Å². The van der Waals surface area contributed by atoms with Crippen molar-refractivity contribution in [3.05, 3.63) is 30.1 Å². The van der Waals surface area contributed by atoms with E-state index in [1.807, 2.05) is 25.1 Å². The van der Waals surface area contributed by atoms with Crippen LogP contribution in [0.15, 0.2) is 24.4 Å². The average molecular weight is 375 g/mol. The molecule has 2 saturated heterocycles. The first kappa shape index (κ1) is 20.2. The molecule has 27 heavy (non-hydrogen) atoms. The second kappa shape index (κ2) is 10.7. The van der Waals surface area contributed by atoms with Crippen molar-refractivity contribution in [2.45, 2.75) is 45.2 Å². The van der Waals surface area contributed by atoms with Crippen molar-refractivity contribution >= 4 is 5.91 Å². The Hall–Kier alpha value is -1.50. The van der Waals surface area contributed by atoms with Gasteiger partial charge in [-0.3, -0.25) is 14.7 Å². The second-order valence-electron chi connectivity index (χ2n) is 7.64. The fraction of sp³-hybridized carbons (Fsp3) is 0.714. The van der Waals surface area contributed by atoms with E-state index in [-0.39, 0.29) is 11.8 Å². The summed E-state index contributed by atoms with van der Waals surface area (Å²) >= 11 is 0. The predicted octanol–water partition coefficient (Wildman–Crippen LogP) is 1.91. The van der Waals surface area contributed by atoms with Crippen molar-refractivity contribution in [2.24, 2.45) is 5.92 Å². The van der Waals surface area contributed by atoms with Crippen molar-refractivity contribution in [1.82, 2.24) is 20.1 Å². The fourth-order valence-electron chi connectivity index (χ4n) is 4.22. The Morgan fingerprint density at radius 2 is 2.11 bits per heavy atom. The molecule has 0 bridgehead atoms. The van der Waals surface area contributed by atoms with E-state index < -0.39 is 0 Å². The third-order valence-corrected chi connectivity index (χ3v) is 5.82. The SMILES string of the molecule is CCOCCN1CCC(N2CCC[C@@H](C(=O)NCc3ccccn3)C2)CC1. The van der Waals surface area contributed by atoms with E-state index >= 15 is 0 Å². The predicted molar refractivity (Wildman–Crippen MR) is 106 cm³/mol. The number of nitrogens with zero attached hydrogens (tertiary/aromatic N) is 3. The summed E-state index contributed by atoms with van der Waals surface area (Å²) in [7, 11) is 0. The van der Waals surface area contributed by atoms with E-state index in [2.05, 4.69) is 20.1 Å².